The topological polar surface area (TPSA) is 55.4 Å². The molecule has 1 aromatic carbocycles. The van der Waals surface area contributed by atoms with Crippen LogP contribution >= 0.6 is 0 Å². The van der Waals surface area contributed by atoms with Crippen LogP contribution in [0.15, 0.2) is 36.9 Å². The number of benzene rings is 1. The number of hydrogen-bond donors (Lipinski definition) is 1. The van der Waals surface area contributed by atoms with Crippen molar-refractivity contribution in [3.8, 4) is 11.8 Å². The van der Waals surface area contributed by atoms with Gasteiger partial charge in [0.2, 0.25) is 5.91 Å². The maximum atomic E-state index is 11.2. The lowest BCUT2D eigenvalue weighted by Crippen LogP contribution is -2.20. The van der Waals surface area contributed by atoms with Crippen LogP contribution in [0, 0.1) is 11.8 Å². The van der Waals surface area contributed by atoms with Crippen LogP contribution in [0.2, 0.25) is 0 Å². The molecule has 4 nitrogen and oxygen atoms in total. The number of carbonyl (C=O) groups excluding carboxylic acids is 2. The Hall–Kier alpha value is -2.54. The van der Waals surface area contributed by atoms with Crippen molar-refractivity contribution in [2.75, 3.05) is 13.7 Å². The minimum Gasteiger partial charge on any atom is -0.465 e. The molecule has 0 aliphatic rings. The highest BCUT2D eigenvalue weighted by molar-refractivity contribution is 5.89. The Morgan fingerprint density at radius 3 is 2.61 bits per heavy atom. The summed E-state index contributed by atoms with van der Waals surface area (Å²) in [4.78, 5) is 22.0. The predicted molar refractivity (Wildman–Crippen MR) is 67.9 cm³/mol. The summed E-state index contributed by atoms with van der Waals surface area (Å²) >= 11 is 0. The van der Waals surface area contributed by atoms with Gasteiger partial charge < -0.3 is 10.1 Å². The summed E-state index contributed by atoms with van der Waals surface area (Å²) < 4.78 is 4.58. The van der Waals surface area contributed by atoms with Crippen molar-refractivity contribution in [2.45, 2.75) is 0 Å². The SMILES string of the molecule is C=CC(=O)NCC#Cc1ccc(C(=O)OC)cc1. The number of nitrogens with one attached hydrogen (secondary N) is 1. The molecule has 18 heavy (non-hydrogen) atoms. The van der Waals surface area contributed by atoms with Crippen molar-refractivity contribution in [1.29, 1.82) is 0 Å². The van der Waals surface area contributed by atoms with Crippen molar-refractivity contribution in [3.63, 3.8) is 0 Å². The minimum atomic E-state index is -0.382. The lowest BCUT2D eigenvalue weighted by Gasteiger charge is -1.98. The summed E-state index contributed by atoms with van der Waals surface area (Å²) in [5.74, 6) is 5.00. The van der Waals surface area contributed by atoms with Gasteiger partial charge in [0.15, 0.2) is 0 Å². The van der Waals surface area contributed by atoms with Gasteiger partial charge in [-0.1, -0.05) is 18.4 Å². The number of methoxy groups -OCH3 is 1. The van der Waals surface area contributed by atoms with Gasteiger partial charge in [0.05, 0.1) is 19.2 Å². The molecule has 0 aromatic heterocycles. The van der Waals surface area contributed by atoms with E-state index < -0.39 is 0 Å². The molecular weight excluding hydrogens is 230 g/mol. The zero-order valence-electron chi connectivity index (χ0n) is 10.0. The molecule has 0 bridgehead atoms. The molecule has 1 N–H and O–H groups in total. The normalized spacial score (nSPS) is 8.72. The summed E-state index contributed by atoms with van der Waals surface area (Å²) in [5, 5.41) is 2.54. The predicted octanol–water partition coefficient (Wildman–Crippen LogP) is 1.13. The molecule has 0 aliphatic heterocycles. The quantitative estimate of drug-likeness (QED) is 0.492. The third-order valence-electron chi connectivity index (χ3n) is 2.08. The van der Waals surface area contributed by atoms with Crippen LogP contribution in [-0.4, -0.2) is 25.5 Å². The molecule has 0 unspecified atom stereocenters. The second kappa shape index (κ2) is 6.92. The summed E-state index contributed by atoms with van der Waals surface area (Å²) in [5.41, 5.74) is 1.23. The van der Waals surface area contributed by atoms with E-state index in [2.05, 4.69) is 28.5 Å². The largest absolute Gasteiger partial charge is 0.465 e. The van der Waals surface area contributed by atoms with Crippen LogP contribution in [0.4, 0.5) is 0 Å². The van der Waals surface area contributed by atoms with Crippen molar-refractivity contribution in [3.05, 3.63) is 48.0 Å². The number of amides is 1. The van der Waals surface area contributed by atoms with Gasteiger partial charge in [0.25, 0.3) is 0 Å². The highest BCUT2D eigenvalue weighted by atomic mass is 16.5. The summed E-state index contributed by atoms with van der Waals surface area (Å²) in [6.07, 6.45) is 1.19. The first-order valence-electron chi connectivity index (χ1n) is 5.25. The first-order valence-corrected chi connectivity index (χ1v) is 5.25. The minimum absolute atomic E-state index is 0.254. The number of rotatable bonds is 3. The standard InChI is InChI=1S/C14H13NO3/c1-3-13(16)15-10-4-5-11-6-8-12(9-7-11)14(17)18-2/h3,6-9H,1,10H2,2H3,(H,15,16). The molecule has 1 amide bonds. The van der Waals surface area contributed by atoms with E-state index in [1.807, 2.05) is 0 Å². The van der Waals surface area contributed by atoms with Crippen LogP contribution in [-0.2, 0) is 9.53 Å². The van der Waals surface area contributed by atoms with E-state index in [1.165, 1.54) is 13.2 Å². The van der Waals surface area contributed by atoms with Crippen LogP contribution in [0.1, 0.15) is 15.9 Å². The fourth-order valence-electron chi connectivity index (χ4n) is 1.16. The molecule has 92 valence electrons. The Labute approximate surface area is 106 Å². The average molecular weight is 243 g/mol. The first-order chi connectivity index (χ1) is 8.67. The van der Waals surface area contributed by atoms with E-state index in [1.54, 1.807) is 24.3 Å². The number of carbonyl (C=O) groups is 2. The smallest absolute Gasteiger partial charge is 0.337 e. The maximum Gasteiger partial charge on any atom is 0.337 e. The lowest BCUT2D eigenvalue weighted by molar-refractivity contribution is -0.116. The van der Waals surface area contributed by atoms with Crippen molar-refractivity contribution in [2.24, 2.45) is 0 Å². The molecule has 0 atom stereocenters. The Balaban J connectivity index is 2.59. The molecule has 0 saturated heterocycles. The van der Waals surface area contributed by atoms with Gasteiger partial charge in [0.1, 0.15) is 0 Å². The van der Waals surface area contributed by atoms with Gasteiger partial charge in [-0.15, -0.1) is 0 Å². The van der Waals surface area contributed by atoms with Crippen molar-refractivity contribution >= 4 is 11.9 Å². The third kappa shape index (κ3) is 4.14. The average Bonchev–Trinajstić information content (AvgIpc) is 2.43. The Kier molecular flexibility index (Phi) is 5.20. The second-order valence-corrected chi connectivity index (χ2v) is 3.29. The van der Waals surface area contributed by atoms with Crippen LogP contribution < -0.4 is 5.32 Å². The fourth-order valence-corrected chi connectivity index (χ4v) is 1.16. The zero-order valence-corrected chi connectivity index (χ0v) is 10.0. The molecule has 0 saturated carbocycles. The van der Waals surface area contributed by atoms with Crippen molar-refractivity contribution in [1.82, 2.24) is 5.32 Å². The maximum absolute atomic E-state index is 11.2. The molecule has 4 heteroatoms. The van der Waals surface area contributed by atoms with Crippen LogP contribution in [0.25, 0.3) is 0 Å². The van der Waals surface area contributed by atoms with E-state index >= 15 is 0 Å². The van der Waals surface area contributed by atoms with Gasteiger partial charge in [-0.25, -0.2) is 4.79 Å². The van der Waals surface area contributed by atoms with E-state index in [9.17, 15) is 9.59 Å². The molecule has 0 heterocycles. The number of esters is 1. The fraction of sp³-hybridized carbons (Fsp3) is 0.143. The van der Waals surface area contributed by atoms with Crippen LogP contribution in [0.3, 0.4) is 0 Å². The zero-order chi connectivity index (χ0) is 13.4. The monoisotopic (exact) mass is 243 g/mol. The molecule has 0 spiro atoms. The van der Waals surface area contributed by atoms with Gasteiger partial charge >= 0.3 is 5.97 Å². The first kappa shape index (κ1) is 13.5. The van der Waals surface area contributed by atoms with Gasteiger partial charge in [-0.3, -0.25) is 4.79 Å². The Morgan fingerprint density at radius 1 is 1.39 bits per heavy atom. The molecule has 1 rings (SSSR count). The highest BCUT2D eigenvalue weighted by Crippen LogP contribution is 2.04. The Bertz CT molecular complexity index is 506. The van der Waals surface area contributed by atoms with Crippen LogP contribution in [0.5, 0.6) is 0 Å². The molecule has 0 aliphatic carbocycles. The molecule has 0 radical (unpaired) electrons. The third-order valence-corrected chi connectivity index (χ3v) is 2.08. The lowest BCUT2D eigenvalue weighted by atomic mass is 10.1. The number of ether oxygens (including phenoxy) is 1. The molecule has 0 fully saturated rings. The van der Waals surface area contributed by atoms with Gasteiger partial charge in [0, 0.05) is 5.56 Å². The van der Waals surface area contributed by atoms with Gasteiger partial charge in [-0.05, 0) is 30.3 Å². The second-order valence-electron chi connectivity index (χ2n) is 3.29. The summed E-state index contributed by atoms with van der Waals surface area (Å²) in [7, 11) is 1.33. The Morgan fingerprint density at radius 2 is 2.06 bits per heavy atom. The summed E-state index contributed by atoms with van der Waals surface area (Å²) in [6, 6.07) is 6.71. The van der Waals surface area contributed by atoms with E-state index in [0.717, 1.165) is 5.56 Å². The van der Waals surface area contributed by atoms with E-state index in [-0.39, 0.29) is 18.4 Å². The van der Waals surface area contributed by atoms with E-state index in [4.69, 9.17) is 0 Å². The molecular formula is C14H13NO3. The number of hydrogen-bond acceptors (Lipinski definition) is 3. The van der Waals surface area contributed by atoms with Gasteiger partial charge in [-0.2, -0.15) is 0 Å². The van der Waals surface area contributed by atoms with E-state index in [0.29, 0.717) is 5.56 Å². The molecule has 1 aromatic rings. The summed E-state index contributed by atoms with van der Waals surface area (Å²) in [6.45, 7) is 3.58. The van der Waals surface area contributed by atoms with Crippen molar-refractivity contribution < 1.29 is 14.3 Å². The highest BCUT2D eigenvalue weighted by Gasteiger charge is 2.02.